The molecule has 0 fully saturated rings. The van der Waals surface area contributed by atoms with Crippen LogP contribution >= 0.6 is 0 Å². The zero-order valence-corrected chi connectivity index (χ0v) is 17.0. The SMILES string of the molecule is CCCCCCCCc1cc(C2=CC=C(c3ccc(O)cc3)CC2)ccc1O. The van der Waals surface area contributed by atoms with Gasteiger partial charge in [-0.15, -0.1) is 0 Å². The van der Waals surface area contributed by atoms with Crippen LogP contribution in [0, 0.1) is 0 Å². The zero-order valence-electron chi connectivity index (χ0n) is 17.0. The molecule has 2 nitrogen and oxygen atoms in total. The second kappa shape index (κ2) is 10.2. The van der Waals surface area contributed by atoms with Crippen molar-refractivity contribution < 1.29 is 10.2 Å². The third-order valence-electron chi connectivity index (χ3n) is 5.64. The number of hydrogen-bond acceptors (Lipinski definition) is 2. The topological polar surface area (TPSA) is 40.5 Å². The molecule has 3 rings (SSSR count). The van der Waals surface area contributed by atoms with Crippen LogP contribution in [0.15, 0.2) is 54.6 Å². The lowest BCUT2D eigenvalue weighted by Crippen LogP contribution is -1.95. The molecule has 0 amide bonds. The summed E-state index contributed by atoms with van der Waals surface area (Å²) in [6, 6.07) is 13.5. The van der Waals surface area contributed by atoms with Gasteiger partial charge in [-0.2, -0.15) is 0 Å². The Hall–Kier alpha value is -2.48. The number of hydrogen-bond donors (Lipinski definition) is 2. The maximum Gasteiger partial charge on any atom is 0.118 e. The normalized spacial score (nSPS) is 13.9. The van der Waals surface area contributed by atoms with Crippen molar-refractivity contribution in [3.8, 4) is 11.5 Å². The fraction of sp³-hybridized carbons (Fsp3) is 0.385. The Morgan fingerprint density at radius 2 is 1.32 bits per heavy atom. The number of phenolic OH excluding ortho intramolecular Hbond substituents is 2. The average Bonchev–Trinajstić information content (AvgIpc) is 2.72. The summed E-state index contributed by atoms with van der Waals surface area (Å²) < 4.78 is 0. The largest absolute Gasteiger partial charge is 0.508 e. The Morgan fingerprint density at radius 1 is 0.714 bits per heavy atom. The van der Waals surface area contributed by atoms with Crippen LogP contribution in [0.5, 0.6) is 11.5 Å². The molecule has 0 atom stereocenters. The highest BCUT2D eigenvalue weighted by molar-refractivity contribution is 5.78. The van der Waals surface area contributed by atoms with E-state index in [4.69, 9.17) is 0 Å². The van der Waals surface area contributed by atoms with Crippen molar-refractivity contribution in [2.45, 2.75) is 64.7 Å². The van der Waals surface area contributed by atoms with Crippen LogP contribution in [0.1, 0.15) is 75.0 Å². The van der Waals surface area contributed by atoms with Gasteiger partial charge in [0.15, 0.2) is 0 Å². The van der Waals surface area contributed by atoms with Crippen LogP contribution in [0.4, 0.5) is 0 Å². The van der Waals surface area contributed by atoms with Gasteiger partial charge in [-0.3, -0.25) is 0 Å². The van der Waals surface area contributed by atoms with Gasteiger partial charge in [0.05, 0.1) is 0 Å². The molecule has 0 radical (unpaired) electrons. The lowest BCUT2D eigenvalue weighted by atomic mass is 9.89. The highest BCUT2D eigenvalue weighted by atomic mass is 16.3. The Labute approximate surface area is 169 Å². The summed E-state index contributed by atoms with van der Waals surface area (Å²) in [5.74, 6) is 0.729. The van der Waals surface area contributed by atoms with Crippen molar-refractivity contribution in [2.75, 3.05) is 0 Å². The standard InChI is InChI=1S/C26H32O2/c1-2-3-4-5-6-7-8-24-19-23(15-18-26(24)28)22-11-9-20(10-12-22)21-13-16-25(27)17-14-21/h9,11,13-19,27-28H,2-8,10,12H2,1H3. The van der Waals surface area contributed by atoms with Crippen molar-refractivity contribution in [3.05, 3.63) is 71.3 Å². The number of phenols is 2. The third-order valence-corrected chi connectivity index (χ3v) is 5.64. The maximum absolute atomic E-state index is 10.2. The second-order valence-corrected chi connectivity index (χ2v) is 7.79. The van der Waals surface area contributed by atoms with E-state index in [0.29, 0.717) is 11.5 Å². The van der Waals surface area contributed by atoms with Crippen LogP contribution in [-0.4, -0.2) is 10.2 Å². The first kappa shape index (κ1) is 20.3. The molecule has 0 heterocycles. The summed E-state index contributed by atoms with van der Waals surface area (Å²) in [5, 5.41) is 19.7. The molecule has 1 aliphatic carbocycles. The molecule has 0 aliphatic heterocycles. The van der Waals surface area contributed by atoms with Crippen LogP contribution < -0.4 is 0 Å². The molecule has 2 aromatic rings. The molecule has 0 unspecified atom stereocenters. The Kier molecular flexibility index (Phi) is 7.36. The Balaban J connectivity index is 1.64. The summed E-state index contributed by atoms with van der Waals surface area (Å²) in [6.45, 7) is 2.24. The molecule has 0 saturated heterocycles. The minimum Gasteiger partial charge on any atom is -0.508 e. The van der Waals surface area contributed by atoms with Crippen molar-refractivity contribution in [3.63, 3.8) is 0 Å². The summed E-state index contributed by atoms with van der Waals surface area (Å²) in [4.78, 5) is 0. The van der Waals surface area contributed by atoms with Gasteiger partial charge in [0.2, 0.25) is 0 Å². The van der Waals surface area contributed by atoms with Gasteiger partial charge < -0.3 is 10.2 Å². The number of aryl methyl sites for hydroxylation is 1. The first-order valence-electron chi connectivity index (χ1n) is 10.7. The highest BCUT2D eigenvalue weighted by Gasteiger charge is 2.12. The van der Waals surface area contributed by atoms with Crippen molar-refractivity contribution in [2.24, 2.45) is 0 Å². The van der Waals surface area contributed by atoms with E-state index in [1.54, 1.807) is 12.1 Å². The maximum atomic E-state index is 10.2. The summed E-state index contributed by atoms with van der Waals surface area (Å²) in [7, 11) is 0. The minimum absolute atomic E-state index is 0.304. The van der Waals surface area contributed by atoms with Crippen molar-refractivity contribution in [1.29, 1.82) is 0 Å². The molecule has 148 valence electrons. The van der Waals surface area contributed by atoms with E-state index in [9.17, 15) is 10.2 Å². The van der Waals surface area contributed by atoms with Gasteiger partial charge in [-0.05, 0) is 77.8 Å². The smallest absolute Gasteiger partial charge is 0.118 e. The summed E-state index contributed by atoms with van der Waals surface area (Å²) in [5.41, 5.74) is 6.09. The predicted molar refractivity (Wildman–Crippen MR) is 118 cm³/mol. The van der Waals surface area contributed by atoms with Gasteiger partial charge in [0.1, 0.15) is 11.5 Å². The average molecular weight is 377 g/mol. The van der Waals surface area contributed by atoms with E-state index in [0.717, 1.165) is 31.2 Å². The van der Waals surface area contributed by atoms with Crippen molar-refractivity contribution in [1.82, 2.24) is 0 Å². The number of aromatic hydroxyl groups is 2. The van der Waals surface area contributed by atoms with E-state index >= 15 is 0 Å². The number of allylic oxidation sites excluding steroid dienone is 4. The van der Waals surface area contributed by atoms with Gasteiger partial charge in [0.25, 0.3) is 0 Å². The predicted octanol–water partition coefficient (Wildman–Crippen LogP) is 7.26. The van der Waals surface area contributed by atoms with Crippen molar-refractivity contribution >= 4 is 11.1 Å². The fourth-order valence-electron chi connectivity index (χ4n) is 3.88. The van der Waals surface area contributed by atoms with E-state index in [1.165, 1.54) is 54.4 Å². The quantitative estimate of drug-likeness (QED) is 0.452. The molecule has 0 bridgehead atoms. The molecule has 1 aliphatic rings. The van der Waals surface area contributed by atoms with Crippen LogP contribution in [-0.2, 0) is 6.42 Å². The van der Waals surface area contributed by atoms with Crippen LogP contribution in [0.3, 0.4) is 0 Å². The lowest BCUT2D eigenvalue weighted by Gasteiger charge is -2.16. The lowest BCUT2D eigenvalue weighted by molar-refractivity contribution is 0.466. The molecule has 2 aromatic carbocycles. The van der Waals surface area contributed by atoms with Crippen LogP contribution in [0.25, 0.3) is 11.1 Å². The Bertz CT molecular complexity index is 828. The molecule has 0 saturated carbocycles. The summed E-state index contributed by atoms with van der Waals surface area (Å²) >= 11 is 0. The van der Waals surface area contributed by atoms with Gasteiger partial charge in [0, 0.05) is 0 Å². The van der Waals surface area contributed by atoms with Gasteiger partial charge in [-0.1, -0.05) is 69.4 Å². The first-order valence-corrected chi connectivity index (χ1v) is 10.7. The molecular weight excluding hydrogens is 344 g/mol. The van der Waals surface area contributed by atoms with Gasteiger partial charge >= 0.3 is 0 Å². The Morgan fingerprint density at radius 3 is 2.00 bits per heavy atom. The van der Waals surface area contributed by atoms with E-state index in [1.807, 2.05) is 24.3 Å². The van der Waals surface area contributed by atoms with Gasteiger partial charge in [-0.25, -0.2) is 0 Å². The molecular formula is C26H32O2. The van der Waals surface area contributed by atoms with Crippen LogP contribution in [0.2, 0.25) is 0 Å². The molecule has 0 spiro atoms. The monoisotopic (exact) mass is 376 g/mol. The second-order valence-electron chi connectivity index (χ2n) is 7.79. The fourth-order valence-corrected chi connectivity index (χ4v) is 3.88. The van der Waals surface area contributed by atoms with E-state index in [2.05, 4.69) is 25.1 Å². The summed E-state index contributed by atoms with van der Waals surface area (Å²) in [6.07, 6.45) is 14.9. The zero-order chi connectivity index (χ0) is 19.8. The third kappa shape index (κ3) is 5.51. The van der Waals surface area contributed by atoms with E-state index in [-0.39, 0.29) is 0 Å². The number of rotatable bonds is 9. The van der Waals surface area contributed by atoms with E-state index < -0.39 is 0 Å². The minimum atomic E-state index is 0.304. The highest BCUT2D eigenvalue weighted by Crippen LogP contribution is 2.34. The number of benzene rings is 2. The molecule has 2 heteroatoms. The molecule has 0 aromatic heterocycles. The first-order chi connectivity index (χ1) is 13.7. The number of unbranched alkanes of at least 4 members (excludes halogenated alkanes) is 5. The molecule has 2 N–H and O–H groups in total. The molecule has 28 heavy (non-hydrogen) atoms.